The summed E-state index contributed by atoms with van der Waals surface area (Å²) in [7, 11) is 0. The zero-order chi connectivity index (χ0) is 19.1. The topological polar surface area (TPSA) is 76.0 Å². The van der Waals surface area contributed by atoms with Crippen molar-refractivity contribution in [2.24, 2.45) is 0 Å². The highest BCUT2D eigenvalue weighted by Gasteiger charge is 2.11. The number of fused-ring (bicyclic) bond motifs is 1. The Morgan fingerprint density at radius 1 is 1.19 bits per heavy atom. The molecule has 0 bridgehead atoms. The number of carbonyl (C=O) groups is 1. The second-order valence-corrected chi connectivity index (χ2v) is 7.46. The van der Waals surface area contributed by atoms with Gasteiger partial charge in [0.1, 0.15) is 0 Å². The van der Waals surface area contributed by atoms with Crippen molar-refractivity contribution >= 4 is 16.8 Å². The highest BCUT2D eigenvalue weighted by Crippen LogP contribution is 2.16. The van der Waals surface area contributed by atoms with Crippen LogP contribution < -0.4 is 16.2 Å². The molecule has 6 heteroatoms. The maximum atomic E-state index is 12.5. The molecule has 1 heterocycles. The number of hydrogen-bond donors (Lipinski definition) is 2. The van der Waals surface area contributed by atoms with Crippen LogP contribution in [0.1, 0.15) is 50.5 Å². The van der Waals surface area contributed by atoms with Gasteiger partial charge in [-0.2, -0.15) is 0 Å². The zero-order valence-electron chi connectivity index (χ0n) is 16.2. The minimum Gasteiger partial charge on any atom is -0.355 e. The average Bonchev–Trinajstić information content (AvgIpc) is 2.94. The lowest BCUT2D eigenvalue weighted by molar-refractivity contribution is -0.121. The van der Waals surface area contributed by atoms with E-state index >= 15 is 0 Å². The van der Waals surface area contributed by atoms with Crippen LogP contribution in [0.5, 0.6) is 0 Å². The summed E-state index contributed by atoms with van der Waals surface area (Å²) in [4.78, 5) is 29.0. The van der Waals surface area contributed by atoms with Gasteiger partial charge in [-0.05, 0) is 31.4 Å². The lowest BCUT2D eigenvalue weighted by atomic mass is 10.1. The molecule has 6 nitrogen and oxygen atoms in total. The molecule has 3 rings (SSSR count). The van der Waals surface area contributed by atoms with Crippen molar-refractivity contribution in [1.29, 1.82) is 0 Å². The summed E-state index contributed by atoms with van der Waals surface area (Å²) in [5.74, 6) is -0.0334. The van der Waals surface area contributed by atoms with E-state index in [2.05, 4.69) is 15.6 Å². The fourth-order valence-electron chi connectivity index (χ4n) is 3.77. The molecule has 146 valence electrons. The summed E-state index contributed by atoms with van der Waals surface area (Å²) in [5, 5.41) is 7.08. The molecule has 1 aliphatic rings. The van der Waals surface area contributed by atoms with Crippen LogP contribution in [0, 0.1) is 6.92 Å². The van der Waals surface area contributed by atoms with Crippen LogP contribution in [0.2, 0.25) is 0 Å². The fourth-order valence-corrected chi connectivity index (χ4v) is 3.77. The Bertz CT molecular complexity index is 823. The van der Waals surface area contributed by atoms with Gasteiger partial charge in [-0.3, -0.25) is 14.2 Å². The Labute approximate surface area is 160 Å². The largest absolute Gasteiger partial charge is 0.355 e. The third kappa shape index (κ3) is 5.39. The molecule has 0 aliphatic heterocycles. The van der Waals surface area contributed by atoms with Crippen molar-refractivity contribution < 1.29 is 4.79 Å². The van der Waals surface area contributed by atoms with Crippen LogP contribution in [0.15, 0.2) is 29.3 Å². The van der Waals surface area contributed by atoms with E-state index in [9.17, 15) is 9.59 Å². The minimum absolute atomic E-state index is 0.0334. The molecule has 0 saturated heterocycles. The molecule has 2 N–H and O–H groups in total. The van der Waals surface area contributed by atoms with Crippen LogP contribution in [0.25, 0.3) is 10.9 Å². The van der Waals surface area contributed by atoms with E-state index in [0.29, 0.717) is 24.5 Å². The molecule has 1 saturated carbocycles. The smallest absolute Gasteiger partial charge is 0.261 e. The highest BCUT2D eigenvalue weighted by atomic mass is 16.1. The molecule has 0 spiro atoms. The molecule has 1 aliphatic carbocycles. The maximum absolute atomic E-state index is 12.5. The number of aromatic nitrogens is 2. The molecule has 0 radical (unpaired) electrons. The number of aryl methyl sites for hydroxylation is 2. The van der Waals surface area contributed by atoms with Gasteiger partial charge in [0.05, 0.1) is 17.2 Å². The van der Waals surface area contributed by atoms with E-state index in [4.69, 9.17) is 0 Å². The second-order valence-electron chi connectivity index (χ2n) is 7.46. The molecule has 0 atom stereocenters. The van der Waals surface area contributed by atoms with Gasteiger partial charge in [-0.15, -0.1) is 0 Å². The van der Waals surface area contributed by atoms with E-state index < -0.39 is 0 Å². The van der Waals surface area contributed by atoms with Crippen molar-refractivity contribution in [3.05, 3.63) is 40.4 Å². The number of amides is 1. The number of rotatable bonds is 7. The van der Waals surface area contributed by atoms with E-state index in [1.807, 2.05) is 19.1 Å². The highest BCUT2D eigenvalue weighted by molar-refractivity contribution is 5.80. The van der Waals surface area contributed by atoms with Crippen LogP contribution >= 0.6 is 0 Å². The lowest BCUT2D eigenvalue weighted by Crippen LogP contribution is -2.37. The van der Waals surface area contributed by atoms with Gasteiger partial charge in [-0.25, -0.2) is 4.98 Å². The maximum Gasteiger partial charge on any atom is 0.261 e. The summed E-state index contributed by atoms with van der Waals surface area (Å²) < 4.78 is 1.52. The third-order valence-corrected chi connectivity index (χ3v) is 5.37. The fraction of sp³-hybridized carbons (Fsp3) is 0.571. The summed E-state index contributed by atoms with van der Waals surface area (Å²) in [6.45, 7) is 3.71. The number of para-hydroxylation sites is 1. The lowest BCUT2D eigenvalue weighted by Gasteiger charge is -2.16. The molecule has 27 heavy (non-hydrogen) atoms. The standard InChI is InChI=1S/C21H30N4O2/c1-16-7-6-10-18-20(16)24-15-25(21(18)27)14-11-19(26)23-13-12-22-17-8-4-2-3-5-9-17/h6-7,10,15,17,22H,2-5,8-9,11-14H2,1H3,(H,23,26). The van der Waals surface area contributed by atoms with Gasteiger partial charge in [0.15, 0.2) is 0 Å². The summed E-state index contributed by atoms with van der Waals surface area (Å²) >= 11 is 0. The van der Waals surface area contributed by atoms with Gasteiger partial charge in [-0.1, -0.05) is 37.8 Å². The molecule has 1 fully saturated rings. The number of hydrogen-bond acceptors (Lipinski definition) is 4. The zero-order valence-corrected chi connectivity index (χ0v) is 16.2. The molecular weight excluding hydrogens is 340 g/mol. The van der Waals surface area contributed by atoms with Crippen molar-refractivity contribution in [2.75, 3.05) is 13.1 Å². The Morgan fingerprint density at radius 3 is 2.74 bits per heavy atom. The molecular formula is C21H30N4O2. The predicted molar refractivity (Wildman–Crippen MR) is 108 cm³/mol. The Morgan fingerprint density at radius 2 is 1.96 bits per heavy atom. The second kappa shape index (κ2) is 9.65. The Hall–Kier alpha value is -2.21. The first-order chi connectivity index (χ1) is 13.1. The first-order valence-electron chi connectivity index (χ1n) is 10.1. The third-order valence-electron chi connectivity index (χ3n) is 5.37. The van der Waals surface area contributed by atoms with Crippen LogP contribution in [-0.2, 0) is 11.3 Å². The Kier molecular flexibility index (Phi) is 6.98. The van der Waals surface area contributed by atoms with Gasteiger partial charge >= 0.3 is 0 Å². The number of nitrogens with one attached hydrogen (secondary N) is 2. The van der Waals surface area contributed by atoms with Gasteiger partial charge in [0.2, 0.25) is 5.91 Å². The Balaban J connectivity index is 1.43. The number of benzene rings is 1. The van der Waals surface area contributed by atoms with E-state index in [-0.39, 0.29) is 17.9 Å². The number of carbonyl (C=O) groups excluding carboxylic acids is 1. The first-order valence-corrected chi connectivity index (χ1v) is 10.1. The molecule has 1 aromatic carbocycles. The van der Waals surface area contributed by atoms with Crippen LogP contribution in [0.4, 0.5) is 0 Å². The average molecular weight is 370 g/mol. The number of nitrogens with zero attached hydrogens (tertiary/aromatic N) is 2. The molecule has 1 amide bonds. The van der Waals surface area contributed by atoms with Crippen LogP contribution in [-0.4, -0.2) is 34.6 Å². The minimum atomic E-state index is -0.0912. The van der Waals surface area contributed by atoms with Crippen molar-refractivity contribution in [3.63, 3.8) is 0 Å². The van der Waals surface area contributed by atoms with Crippen molar-refractivity contribution in [1.82, 2.24) is 20.2 Å². The quantitative estimate of drug-likeness (QED) is 0.580. The molecule has 1 aromatic heterocycles. The first kappa shape index (κ1) is 19.5. The normalized spacial score (nSPS) is 15.6. The molecule has 2 aromatic rings. The summed E-state index contributed by atoms with van der Waals surface area (Å²) in [6.07, 6.45) is 9.60. The predicted octanol–water partition coefficient (Wildman–Crippen LogP) is 2.52. The monoisotopic (exact) mass is 370 g/mol. The van der Waals surface area contributed by atoms with Gasteiger partial charge in [0.25, 0.3) is 5.56 Å². The summed E-state index contributed by atoms with van der Waals surface area (Å²) in [6, 6.07) is 6.18. The molecule has 0 unspecified atom stereocenters. The van der Waals surface area contributed by atoms with E-state index in [1.54, 1.807) is 12.4 Å². The van der Waals surface area contributed by atoms with E-state index in [0.717, 1.165) is 17.6 Å². The summed E-state index contributed by atoms with van der Waals surface area (Å²) in [5.41, 5.74) is 1.62. The van der Waals surface area contributed by atoms with E-state index in [1.165, 1.54) is 43.1 Å². The van der Waals surface area contributed by atoms with Gasteiger partial charge in [0, 0.05) is 32.1 Å². The SMILES string of the molecule is Cc1cccc2c(=O)n(CCC(=O)NCCNC3CCCCCC3)cnc12. The van der Waals surface area contributed by atoms with Crippen molar-refractivity contribution in [3.8, 4) is 0 Å². The van der Waals surface area contributed by atoms with Crippen LogP contribution in [0.3, 0.4) is 0 Å². The van der Waals surface area contributed by atoms with Crippen molar-refractivity contribution in [2.45, 2.75) is 64.5 Å². The van der Waals surface area contributed by atoms with Gasteiger partial charge < -0.3 is 10.6 Å².